The summed E-state index contributed by atoms with van der Waals surface area (Å²) in [6.45, 7) is 6.89. The van der Waals surface area contributed by atoms with Crippen molar-refractivity contribution in [2.45, 2.75) is 13.5 Å². The van der Waals surface area contributed by atoms with E-state index >= 15 is 0 Å². The molecule has 2 aromatic rings. The van der Waals surface area contributed by atoms with Crippen molar-refractivity contribution in [2.24, 2.45) is 0 Å². The largest absolute Gasteiger partial charge is 0.462 e. The molecular formula is C22H24N4O3S. The van der Waals surface area contributed by atoms with Crippen molar-refractivity contribution < 1.29 is 14.0 Å². The maximum atomic E-state index is 13.0. The Hall–Kier alpha value is -2.81. The molecule has 3 heterocycles. The lowest BCUT2D eigenvalue weighted by Crippen LogP contribution is -2.54. The Bertz CT molecular complexity index is 1000. The molecule has 4 rings (SSSR count). The summed E-state index contributed by atoms with van der Waals surface area (Å²) in [5.74, 6) is 0.154. The van der Waals surface area contributed by atoms with Gasteiger partial charge >= 0.3 is 0 Å². The molecule has 2 saturated heterocycles. The maximum Gasteiger partial charge on any atom is 0.270 e. The minimum absolute atomic E-state index is 0.0144. The third kappa shape index (κ3) is 4.35. The molecule has 0 atom stereocenters. The number of rotatable bonds is 4. The van der Waals surface area contributed by atoms with Gasteiger partial charge in [0.2, 0.25) is 0 Å². The molecule has 8 heteroatoms. The van der Waals surface area contributed by atoms with Crippen LogP contribution in [0.1, 0.15) is 17.1 Å². The first-order chi connectivity index (χ1) is 14.4. The Morgan fingerprint density at radius 3 is 2.40 bits per heavy atom. The van der Waals surface area contributed by atoms with E-state index in [1.165, 1.54) is 16.5 Å². The third-order valence-corrected chi connectivity index (χ3v) is 5.63. The number of anilines is 1. The molecule has 2 fully saturated rings. The quantitative estimate of drug-likeness (QED) is 0.461. The molecule has 0 aliphatic carbocycles. The van der Waals surface area contributed by atoms with E-state index in [-0.39, 0.29) is 10.7 Å². The Kier molecular flexibility index (Phi) is 5.80. The SMILES string of the molecule is Cc1ccc(/C=C2\C(=O)NC(=S)N(c3ccc(CN4CCN(C)CC4)cc3)C2=O)o1. The highest BCUT2D eigenvalue weighted by molar-refractivity contribution is 7.80. The van der Waals surface area contributed by atoms with Gasteiger partial charge in [-0.25, -0.2) is 0 Å². The zero-order valence-electron chi connectivity index (χ0n) is 17.1. The van der Waals surface area contributed by atoms with E-state index in [2.05, 4.69) is 22.2 Å². The van der Waals surface area contributed by atoms with Crippen LogP contribution in [-0.2, 0) is 16.1 Å². The minimum atomic E-state index is -0.526. The van der Waals surface area contributed by atoms with Gasteiger partial charge in [0.05, 0.1) is 5.69 Å². The van der Waals surface area contributed by atoms with Gasteiger partial charge in [0.1, 0.15) is 17.1 Å². The average Bonchev–Trinajstić information content (AvgIpc) is 3.13. The molecule has 1 aromatic heterocycles. The van der Waals surface area contributed by atoms with Crippen LogP contribution in [0.2, 0.25) is 0 Å². The van der Waals surface area contributed by atoms with Crippen LogP contribution in [-0.4, -0.2) is 60.0 Å². The van der Waals surface area contributed by atoms with E-state index in [0.717, 1.165) is 32.7 Å². The van der Waals surface area contributed by atoms with Crippen LogP contribution in [0.25, 0.3) is 6.08 Å². The molecule has 0 radical (unpaired) electrons. The lowest BCUT2D eigenvalue weighted by atomic mass is 10.1. The number of carbonyl (C=O) groups excluding carboxylic acids is 2. The van der Waals surface area contributed by atoms with Gasteiger partial charge in [0.15, 0.2) is 5.11 Å². The van der Waals surface area contributed by atoms with Crippen molar-refractivity contribution in [1.29, 1.82) is 0 Å². The number of hydrogen-bond donors (Lipinski definition) is 1. The number of aryl methyl sites for hydroxylation is 1. The van der Waals surface area contributed by atoms with Crippen LogP contribution in [0.3, 0.4) is 0 Å². The number of hydrogen-bond acceptors (Lipinski definition) is 6. The van der Waals surface area contributed by atoms with E-state index in [1.54, 1.807) is 19.1 Å². The number of nitrogens with zero attached hydrogens (tertiary/aromatic N) is 3. The van der Waals surface area contributed by atoms with Crippen molar-refractivity contribution in [3.63, 3.8) is 0 Å². The van der Waals surface area contributed by atoms with E-state index in [4.69, 9.17) is 16.6 Å². The van der Waals surface area contributed by atoms with Crippen molar-refractivity contribution in [3.8, 4) is 0 Å². The van der Waals surface area contributed by atoms with Crippen LogP contribution in [0.5, 0.6) is 0 Å². The number of amides is 2. The van der Waals surface area contributed by atoms with Crippen LogP contribution < -0.4 is 10.2 Å². The molecule has 2 amide bonds. The number of carbonyl (C=O) groups is 2. The molecule has 156 valence electrons. The highest BCUT2D eigenvalue weighted by atomic mass is 32.1. The summed E-state index contributed by atoms with van der Waals surface area (Å²) in [4.78, 5) is 31.5. The molecule has 0 saturated carbocycles. The van der Waals surface area contributed by atoms with E-state index in [9.17, 15) is 9.59 Å². The number of benzene rings is 1. The molecule has 1 N–H and O–H groups in total. The van der Waals surface area contributed by atoms with E-state index in [1.807, 2.05) is 24.3 Å². The highest BCUT2D eigenvalue weighted by Crippen LogP contribution is 2.23. The van der Waals surface area contributed by atoms with Gasteiger partial charge in [-0.05, 0) is 62.1 Å². The summed E-state index contributed by atoms with van der Waals surface area (Å²) in [5.41, 5.74) is 1.78. The summed E-state index contributed by atoms with van der Waals surface area (Å²) in [7, 11) is 2.14. The van der Waals surface area contributed by atoms with E-state index < -0.39 is 11.8 Å². The van der Waals surface area contributed by atoms with Gasteiger partial charge in [0, 0.05) is 32.7 Å². The third-order valence-electron chi connectivity index (χ3n) is 5.35. The Morgan fingerprint density at radius 2 is 1.77 bits per heavy atom. The van der Waals surface area contributed by atoms with Crippen LogP contribution in [0.4, 0.5) is 5.69 Å². The lowest BCUT2D eigenvalue weighted by molar-refractivity contribution is -0.122. The smallest absolute Gasteiger partial charge is 0.270 e. The number of nitrogens with one attached hydrogen (secondary N) is 1. The van der Waals surface area contributed by atoms with Crippen molar-refractivity contribution in [3.05, 3.63) is 59.1 Å². The minimum Gasteiger partial charge on any atom is -0.462 e. The van der Waals surface area contributed by atoms with Crippen molar-refractivity contribution in [1.82, 2.24) is 15.1 Å². The predicted molar refractivity (Wildman–Crippen MR) is 119 cm³/mol. The van der Waals surface area contributed by atoms with Gasteiger partial charge in [-0.1, -0.05) is 12.1 Å². The van der Waals surface area contributed by atoms with Gasteiger partial charge in [0.25, 0.3) is 11.8 Å². The zero-order chi connectivity index (χ0) is 21.3. The van der Waals surface area contributed by atoms with Crippen LogP contribution in [0, 0.1) is 6.92 Å². The number of thiocarbonyl (C=S) groups is 1. The normalized spacial score (nSPS) is 20.1. The average molecular weight is 425 g/mol. The molecule has 0 unspecified atom stereocenters. The second-order valence-electron chi connectivity index (χ2n) is 7.65. The predicted octanol–water partition coefficient (Wildman–Crippen LogP) is 2.17. The molecule has 30 heavy (non-hydrogen) atoms. The first-order valence-corrected chi connectivity index (χ1v) is 10.3. The fourth-order valence-corrected chi connectivity index (χ4v) is 3.86. The first-order valence-electron chi connectivity index (χ1n) is 9.88. The number of likely N-dealkylation sites (N-methyl/N-ethyl adjacent to an activating group) is 1. The molecule has 2 aliphatic heterocycles. The second kappa shape index (κ2) is 8.51. The standard InChI is InChI=1S/C22H24N4O3S/c1-15-3-8-18(29-15)13-19-20(27)23-22(30)26(21(19)28)17-6-4-16(5-7-17)14-25-11-9-24(2)10-12-25/h3-8,13H,9-12,14H2,1-2H3,(H,23,27,30)/b19-13+. The van der Waals surface area contributed by atoms with Crippen molar-refractivity contribution >= 4 is 40.9 Å². The molecule has 1 aromatic carbocycles. The topological polar surface area (TPSA) is 69.0 Å². The Balaban J connectivity index is 1.52. The number of furan rings is 1. The van der Waals surface area contributed by atoms with Crippen LogP contribution >= 0.6 is 12.2 Å². The monoisotopic (exact) mass is 424 g/mol. The first kappa shape index (κ1) is 20.5. The molecule has 2 aliphatic rings. The van der Waals surface area contributed by atoms with Crippen molar-refractivity contribution in [2.75, 3.05) is 38.1 Å². The second-order valence-corrected chi connectivity index (χ2v) is 8.04. The zero-order valence-corrected chi connectivity index (χ0v) is 17.9. The summed E-state index contributed by atoms with van der Waals surface area (Å²) < 4.78 is 5.48. The van der Waals surface area contributed by atoms with Gasteiger partial charge in [-0.2, -0.15) is 0 Å². The molecule has 0 spiro atoms. The van der Waals surface area contributed by atoms with E-state index in [0.29, 0.717) is 17.2 Å². The van der Waals surface area contributed by atoms with Gasteiger partial charge < -0.3 is 9.32 Å². The molecular weight excluding hydrogens is 400 g/mol. The Labute approximate surface area is 180 Å². The molecule has 0 bridgehead atoms. The summed E-state index contributed by atoms with van der Waals surface area (Å²) >= 11 is 5.27. The summed E-state index contributed by atoms with van der Waals surface area (Å²) in [5, 5.41) is 2.67. The summed E-state index contributed by atoms with van der Waals surface area (Å²) in [6, 6.07) is 11.2. The fourth-order valence-electron chi connectivity index (χ4n) is 3.58. The lowest BCUT2D eigenvalue weighted by Gasteiger charge is -2.32. The van der Waals surface area contributed by atoms with Gasteiger partial charge in [-0.3, -0.25) is 24.7 Å². The summed E-state index contributed by atoms with van der Waals surface area (Å²) in [6.07, 6.45) is 1.45. The number of piperazine rings is 1. The van der Waals surface area contributed by atoms with Gasteiger partial charge in [-0.15, -0.1) is 0 Å². The highest BCUT2D eigenvalue weighted by Gasteiger charge is 2.34. The van der Waals surface area contributed by atoms with Crippen LogP contribution in [0.15, 0.2) is 46.4 Å². The fraction of sp³-hybridized carbons (Fsp3) is 0.318. The maximum absolute atomic E-state index is 13.0. The molecule has 7 nitrogen and oxygen atoms in total. The Morgan fingerprint density at radius 1 is 1.07 bits per heavy atom.